The number of rotatable bonds is 3. The van der Waals surface area contributed by atoms with Gasteiger partial charge in [-0.1, -0.05) is 34.6 Å². The highest BCUT2D eigenvalue weighted by molar-refractivity contribution is 5.88. The van der Waals surface area contributed by atoms with Crippen molar-refractivity contribution in [2.75, 3.05) is 0 Å². The number of hydrogen-bond donors (Lipinski definition) is 0. The Bertz CT molecular complexity index is 1770. The summed E-state index contributed by atoms with van der Waals surface area (Å²) >= 11 is 0. The van der Waals surface area contributed by atoms with Gasteiger partial charge in [-0.25, -0.2) is 9.78 Å². The van der Waals surface area contributed by atoms with Gasteiger partial charge in [0, 0.05) is 44.0 Å². The second-order valence-electron chi connectivity index (χ2n) is 11.3. The van der Waals surface area contributed by atoms with Crippen LogP contribution in [0, 0.1) is 0 Å². The maximum Gasteiger partial charge on any atom is 0.417 e. The molecule has 0 spiro atoms. The molecule has 0 fully saturated rings. The lowest BCUT2D eigenvalue weighted by Gasteiger charge is -2.22. The number of halogens is 3. The molecule has 7 nitrogen and oxygen atoms in total. The van der Waals surface area contributed by atoms with E-state index >= 15 is 0 Å². The summed E-state index contributed by atoms with van der Waals surface area (Å²) in [4.78, 5) is 17.7. The molecule has 3 heterocycles. The summed E-state index contributed by atoms with van der Waals surface area (Å²) in [5.41, 5.74) is 2.93. The van der Waals surface area contributed by atoms with E-state index in [-0.39, 0.29) is 17.2 Å². The molecule has 38 heavy (non-hydrogen) atoms. The molecule has 0 amide bonds. The van der Waals surface area contributed by atoms with E-state index in [2.05, 4.69) is 5.10 Å². The third kappa shape index (κ3) is 3.93. The van der Waals surface area contributed by atoms with Crippen molar-refractivity contribution in [3.63, 3.8) is 0 Å². The van der Waals surface area contributed by atoms with Crippen molar-refractivity contribution in [2.45, 2.75) is 52.1 Å². The summed E-state index contributed by atoms with van der Waals surface area (Å²) in [7, 11) is 5.11. The van der Waals surface area contributed by atoms with Crippen molar-refractivity contribution in [1.29, 1.82) is 0 Å². The minimum absolute atomic E-state index is 0.0342. The Morgan fingerprint density at radius 3 is 2.16 bits per heavy atom. The van der Waals surface area contributed by atoms with E-state index in [9.17, 15) is 18.0 Å². The van der Waals surface area contributed by atoms with Crippen LogP contribution in [0.4, 0.5) is 13.2 Å². The van der Waals surface area contributed by atoms with Gasteiger partial charge in [0.2, 0.25) is 0 Å². The van der Waals surface area contributed by atoms with Gasteiger partial charge in [-0.2, -0.15) is 18.3 Å². The van der Waals surface area contributed by atoms with E-state index in [0.717, 1.165) is 11.1 Å². The number of hydrogen-bond acceptors (Lipinski definition) is 3. The lowest BCUT2D eigenvalue weighted by Crippen LogP contribution is -2.19. The van der Waals surface area contributed by atoms with E-state index < -0.39 is 17.2 Å². The first-order valence-electron chi connectivity index (χ1n) is 12.4. The normalized spacial score (nSPS) is 12.9. The third-order valence-electron chi connectivity index (χ3n) is 7.04. The molecule has 0 aliphatic rings. The Morgan fingerprint density at radius 2 is 1.61 bits per heavy atom. The van der Waals surface area contributed by atoms with Crippen molar-refractivity contribution >= 4 is 22.1 Å². The average molecular weight is 525 g/mol. The van der Waals surface area contributed by atoms with Gasteiger partial charge in [0.05, 0.1) is 33.8 Å². The van der Waals surface area contributed by atoms with Crippen molar-refractivity contribution in [3.8, 4) is 16.8 Å². The first kappa shape index (κ1) is 25.8. The summed E-state index contributed by atoms with van der Waals surface area (Å²) in [5, 5.41) is 4.07. The fourth-order valence-electron chi connectivity index (χ4n) is 5.16. The zero-order valence-corrected chi connectivity index (χ0v) is 22.8. The van der Waals surface area contributed by atoms with E-state index in [1.165, 1.54) is 23.0 Å². The van der Waals surface area contributed by atoms with Crippen LogP contribution in [0.5, 0.6) is 0 Å². The molecule has 0 bridgehead atoms. The Labute approximate surface area is 218 Å². The molecule has 0 saturated carbocycles. The standard InChI is InChI=1S/C28H31F3N6O/c1-15(2)18-9-17(10-23-24(18)36(8)26(38)35(23)7)37-22-12-20(28(29,30)31)19(16-13-32-34(6)14-16)11-21(22)33-25(37)27(3,4)5/h9-15H,1-8H3. The Hall–Kier alpha value is -3.82. The molecule has 2 aromatic carbocycles. The zero-order chi connectivity index (χ0) is 27.9. The van der Waals surface area contributed by atoms with Crippen LogP contribution in [0.1, 0.15) is 57.5 Å². The molecule has 0 saturated heterocycles. The fourth-order valence-corrected chi connectivity index (χ4v) is 5.16. The number of aryl methyl sites for hydroxylation is 3. The molecule has 3 aromatic heterocycles. The largest absolute Gasteiger partial charge is 0.417 e. The molecule has 5 aromatic rings. The minimum atomic E-state index is -4.59. The summed E-state index contributed by atoms with van der Waals surface area (Å²) < 4.78 is 49.7. The SMILES string of the molecule is CC(C)c1cc(-n2c(C(C)(C)C)nc3cc(-c4cnn(C)c4)c(C(F)(F)F)cc32)cc2c1n(C)c(=O)n2C. The average Bonchev–Trinajstić information content (AvgIpc) is 3.48. The number of imidazole rings is 2. The van der Waals surface area contributed by atoms with Crippen LogP contribution in [0.3, 0.4) is 0 Å². The van der Waals surface area contributed by atoms with Crippen LogP contribution >= 0.6 is 0 Å². The van der Waals surface area contributed by atoms with Gasteiger partial charge in [0.25, 0.3) is 0 Å². The van der Waals surface area contributed by atoms with Crippen LogP contribution < -0.4 is 5.69 Å². The number of aromatic nitrogens is 6. The molecule has 10 heteroatoms. The first-order chi connectivity index (χ1) is 17.6. The molecular formula is C28H31F3N6O. The number of benzene rings is 2. The van der Waals surface area contributed by atoms with E-state index in [4.69, 9.17) is 4.98 Å². The van der Waals surface area contributed by atoms with Crippen molar-refractivity contribution in [2.24, 2.45) is 21.1 Å². The molecule has 5 rings (SSSR count). The highest BCUT2D eigenvalue weighted by atomic mass is 19.4. The van der Waals surface area contributed by atoms with Gasteiger partial charge in [0.1, 0.15) is 5.82 Å². The van der Waals surface area contributed by atoms with Crippen LogP contribution in [-0.2, 0) is 32.7 Å². The van der Waals surface area contributed by atoms with Crippen LogP contribution in [0.2, 0.25) is 0 Å². The van der Waals surface area contributed by atoms with Crippen LogP contribution in [0.15, 0.2) is 41.5 Å². The Balaban J connectivity index is 1.93. The highest BCUT2D eigenvalue weighted by Crippen LogP contribution is 2.41. The summed E-state index contributed by atoms with van der Waals surface area (Å²) in [5.74, 6) is 0.695. The van der Waals surface area contributed by atoms with Gasteiger partial charge in [-0.15, -0.1) is 0 Å². The van der Waals surface area contributed by atoms with Crippen molar-refractivity contribution in [1.82, 2.24) is 28.5 Å². The Kier molecular flexibility index (Phi) is 5.67. The van der Waals surface area contributed by atoms with Gasteiger partial charge in [-0.05, 0) is 41.3 Å². The van der Waals surface area contributed by atoms with Crippen LogP contribution in [-0.4, -0.2) is 28.5 Å². The molecule has 200 valence electrons. The number of fused-ring (bicyclic) bond motifs is 2. The van der Waals surface area contributed by atoms with Crippen LogP contribution in [0.25, 0.3) is 38.9 Å². The van der Waals surface area contributed by atoms with E-state index in [1.807, 2.05) is 46.8 Å². The fraction of sp³-hybridized carbons (Fsp3) is 0.393. The topological polar surface area (TPSA) is 62.6 Å². The summed E-state index contributed by atoms with van der Waals surface area (Å²) in [6, 6.07) is 6.51. The number of alkyl halides is 3. The Morgan fingerprint density at radius 1 is 0.921 bits per heavy atom. The quantitative estimate of drug-likeness (QED) is 0.288. The lowest BCUT2D eigenvalue weighted by molar-refractivity contribution is -0.137. The lowest BCUT2D eigenvalue weighted by atomic mass is 9.95. The molecule has 0 atom stereocenters. The van der Waals surface area contributed by atoms with E-state index in [0.29, 0.717) is 33.6 Å². The maximum atomic E-state index is 14.4. The monoisotopic (exact) mass is 524 g/mol. The van der Waals surface area contributed by atoms with Gasteiger partial charge < -0.3 is 0 Å². The molecule has 0 unspecified atom stereocenters. The smallest absolute Gasteiger partial charge is 0.296 e. The van der Waals surface area contributed by atoms with Crippen molar-refractivity contribution in [3.05, 3.63) is 64.1 Å². The molecule has 0 radical (unpaired) electrons. The van der Waals surface area contributed by atoms with E-state index in [1.54, 1.807) is 41.0 Å². The zero-order valence-electron chi connectivity index (χ0n) is 22.8. The molecule has 0 aliphatic carbocycles. The highest BCUT2D eigenvalue weighted by Gasteiger charge is 2.36. The third-order valence-corrected chi connectivity index (χ3v) is 7.04. The van der Waals surface area contributed by atoms with Gasteiger partial charge >= 0.3 is 11.9 Å². The first-order valence-corrected chi connectivity index (χ1v) is 12.4. The van der Waals surface area contributed by atoms with Crippen molar-refractivity contribution < 1.29 is 13.2 Å². The molecular weight excluding hydrogens is 493 g/mol. The maximum absolute atomic E-state index is 14.4. The number of nitrogens with zero attached hydrogens (tertiary/aromatic N) is 6. The molecule has 0 N–H and O–H groups in total. The second kappa shape index (κ2) is 8.34. The summed E-state index contributed by atoms with van der Waals surface area (Å²) in [6.45, 7) is 10.0. The van der Waals surface area contributed by atoms with Gasteiger partial charge in [-0.3, -0.25) is 18.4 Å². The predicted octanol–water partition coefficient (Wildman–Crippen LogP) is 6.06. The molecule has 0 aliphatic heterocycles. The van der Waals surface area contributed by atoms with Gasteiger partial charge in [0.15, 0.2) is 0 Å². The predicted molar refractivity (Wildman–Crippen MR) is 143 cm³/mol. The minimum Gasteiger partial charge on any atom is -0.296 e. The summed E-state index contributed by atoms with van der Waals surface area (Å²) in [6.07, 6.45) is -1.60. The second-order valence-corrected chi connectivity index (χ2v) is 11.3.